The van der Waals surface area contributed by atoms with Crippen molar-refractivity contribution < 1.29 is 9.90 Å². The molecule has 0 unspecified atom stereocenters. The lowest BCUT2D eigenvalue weighted by molar-refractivity contribution is 0.0696. The third kappa shape index (κ3) is 2.84. The van der Waals surface area contributed by atoms with Gasteiger partial charge in [-0.05, 0) is 23.8 Å². The van der Waals surface area contributed by atoms with Crippen molar-refractivity contribution in [2.24, 2.45) is 0 Å². The Morgan fingerprint density at radius 3 is 2.48 bits per heavy atom. The summed E-state index contributed by atoms with van der Waals surface area (Å²) < 4.78 is 0. The van der Waals surface area contributed by atoms with Crippen LogP contribution >= 0.6 is 0 Å². The van der Waals surface area contributed by atoms with E-state index in [4.69, 9.17) is 0 Å². The van der Waals surface area contributed by atoms with Gasteiger partial charge in [-0.25, -0.2) is 4.79 Å². The normalized spacial score (nSPS) is 10.5. The third-order valence-electron chi connectivity index (χ3n) is 3.34. The minimum atomic E-state index is -0.919. The van der Waals surface area contributed by atoms with Crippen LogP contribution in [0.5, 0.6) is 0 Å². The highest BCUT2D eigenvalue weighted by Crippen LogP contribution is 2.23. The number of aromatic nitrogens is 2. The van der Waals surface area contributed by atoms with E-state index in [1.807, 2.05) is 42.5 Å². The predicted octanol–water partition coefficient (Wildman–Crippen LogP) is 3.37. The van der Waals surface area contributed by atoms with Crippen LogP contribution in [0.3, 0.4) is 0 Å². The number of aromatic carboxylic acids is 1. The molecule has 4 heteroatoms. The van der Waals surface area contributed by atoms with Gasteiger partial charge in [0.15, 0.2) is 0 Å². The summed E-state index contributed by atoms with van der Waals surface area (Å²) in [6, 6.07) is 15.2. The lowest BCUT2D eigenvalue weighted by Crippen LogP contribution is -2.00. The Kier molecular flexibility index (Phi) is 3.51. The van der Waals surface area contributed by atoms with E-state index in [0.717, 1.165) is 16.8 Å². The number of nitrogens with one attached hydrogen (secondary N) is 1. The number of benzene rings is 1. The monoisotopic (exact) mass is 278 g/mol. The Morgan fingerprint density at radius 1 is 1.10 bits per heavy atom. The number of rotatable bonds is 4. The maximum atomic E-state index is 11.4. The number of nitrogens with zero attached hydrogens (tertiary/aromatic N) is 1. The molecule has 0 aliphatic heterocycles. The fourth-order valence-corrected chi connectivity index (χ4v) is 2.31. The first-order chi connectivity index (χ1) is 10.2. The highest BCUT2D eigenvalue weighted by atomic mass is 16.4. The van der Waals surface area contributed by atoms with Crippen molar-refractivity contribution >= 4 is 5.97 Å². The van der Waals surface area contributed by atoms with Crippen LogP contribution < -0.4 is 0 Å². The van der Waals surface area contributed by atoms with Gasteiger partial charge in [-0.15, -0.1) is 0 Å². The van der Waals surface area contributed by atoms with Crippen LogP contribution in [0.2, 0.25) is 0 Å². The van der Waals surface area contributed by atoms with Gasteiger partial charge in [-0.2, -0.15) is 0 Å². The summed E-state index contributed by atoms with van der Waals surface area (Å²) in [6.45, 7) is 0. The summed E-state index contributed by atoms with van der Waals surface area (Å²) in [5.41, 5.74) is 3.81. The molecule has 2 aromatic heterocycles. The van der Waals surface area contributed by atoms with Crippen molar-refractivity contribution in [1.82, 2.24) is 9.97 Å². The van der Waals surface area contributed by atoms with E-state index < -0.39 is 5.97 Å². The average molecular weight is 278 g/mol. The summed E-state index contributed by atoms with van der Waals surface area (Å²) in [5.74, 6) is -0.919. The maximum Gasteiger partial charge on any atom is 0.337 e. The zero-order valence-electron chi connectivity index (χ0n) is 11.3. The molecule has 0 spiro atoms. The van der Waals surface area contributed by atoms with E-state index in [0.29, 0.717) is 17.7 Å². The summed E-state index contributed by atoms with van der Waals surface area (Å²) in [6.07, 6.45) is 3.94. The van der Waals surface area contributed by atoms with Crippen LogP contribution in [-0.4, -0.2) is 21.0 Å². The quantitative estimate of drug-likeness (QED) is 0.769. The van der Waals surface area contributed by atoms with Gasteiger partial charge in [0.05, 0.1) is 5.56 Å². The van der Waals surface area contributed by atoms with Gasteiger partial charge < -0.3 is 10.1 Å². The van der Waals surface area contributed by atoms with Gasteiger partial charge in [0.25, 0.3) is 0 Å². The standard InChI is InChI=1S/C17H14N2O2/c20-17(21)14-11-15(13-6-8-18-9-7-13)19-16(14)10-12-4-2-1-3-5-12/h1-9,11,19H,10H2,(H,20,21). The molecule has 2 N–H and O–H groups in total. The second-order valence-corrected chi connectivity index (χ2v) is 4.78. The SMILES string of the molecule is O=C(O)c1cc(-c2ccncc2)[nH]c1Cc1ccccc1. The minimum absolute atomic E-state index is 0.311. The van der Waals surface area contributed by atoms with Crippen molar-refractivity contribution in [3.63, 3.8) is 0 Å². The van der Waals surface area contributed by atoms with E-state index in [1.165, 1.54) is 0 Å². The van der Waals surface area contributed by atoms with Crippen molar-refractivity contribution in [1.29, 1.82) is 0 Å². The molecule has 4 nitrogen and oxygen atoms in total. The number of hydrogen-bond acceptors (Lipinski definition) is 2. The zero-order valence-corrected chi connectivity index (χ0v) is 11.3. The predicted molar refractivity (Wildman–Crippen MR) is 80.2 cm³/mol. The molecule has 0 fully saturated rings. The first kappa shape index (κ1) is 13.1. The Morgan fingerprint density at radius 2 is 1.81 bits per heavy atom. The van der Waals surface area contributed by atoms with Crippen molar-refractivity contribution in [3.8, 4) is 11.3 Å². The van der Waals surface area contributed by atoms with E-state index in [9.17, 15) is 9.90 Å². The summed E-state index contributed by atoms with van der Waals surface area (Å²) in [5, 5.41) is 9.37. The summed E-state index contributed by atoms with van der Waals surface area (Å²) in [7, 11) is 0. The molecule has 0 saturated heterocycles. The van der Waals surface area contributed by atoms with Gasteiger partial charge in [-0.1, -0.05) is 30.3 Å². The van der Waals surface area contributed by atoms with Crippen LogP contribution in [0.4, 0.5) is 0 Å². The lowest BCUT2D eigenvalue weighted by Gasteiger charge is -2.01. The minimum Gasteiger partial charge on any atom is -0.478 e. The van der Waals surface area contributed by atoms with Crippen molar-refractivity contribution in [3.05, 3.63) is 77.7 Å². The van der Waals surface area contributed by atoms with Crippen LogP contribution in [0.25, 0.3) is 11.3 Å². The Bertz CT molecular complexity index is 749. The van der Waals surface area contributed by atoms with Crippen LogP contribution in [0.1, 0.15) is 21.6 Å². The van der Waals surface area contributed by atoms with Gasteiger partial charge in [0.2, 0.25) is 0 Å². The number of pyridine rings is 1. The number of hydrogen-bond donors (Lipinski definition) is 2. The molecule has 2 heterocycles. The topological polar surface area (TPSA) is 66.0 Å². The molecule has 0 bridgehead atoms. The van der Waals surface area contributed by atoms with Crippen LogP contribution in [0.15, 0.2) is 60.9 Å². The summed E-state index contributed by atoms with van der Waals surface area (Å²) >= 11 is 0. The fourth-order valence-electron chi connectivity index (χ4n) is 2.31. The second kappa shape index (κ2) is 5.63. The number of aromatic amines is 1. The summed E-state index contributed by atoms with van der Waals surface area (Å²) in [4.78, 5) is 18.6. The number of carbonyl (C=O) groups is 1. The van der Waals surface area contributed by atoms with Crippen molar-refractivity contribution in [2.75, 3.05) is 0 Å². The Hall–Kier alpha value is -2.88. The van der Waals surface area contributed by atoms with Gasteiger partial charge >= 0.3 is 5.97 Å². The molecule has 0 amide bonds. The largest absolute Gasteiger partial charge is 0.478 e. The van der Waals surface area contributed by atoms with E-state index in [-0.39, 0.29) is 0 Å². The number of carboxylic acids is 1. The molecule has 0 aliphatic rings. The molecule has 3 rings (SSSR count). The van der Waals surface area contributed by atoms with Gasteiger partial charge in [0.1, 0.15) is 0 Å². The molecule has 1 aromatic carbocycles. The lowest BCUT2D eigenvalue weighted by atomic mass is 10.1. The number of H-pyrrole nitrogens is 1. The molecule has 3 aromatic rings. The third-order valence-corrected chi connectivity index (χ3v) is 3.34. The fraction of sp³-hybridized carbons (Fsp3) is 0.0588. The van der Waals surface area contributed by atoms with E-state index in [1.54, 1.807) is 18.5 Å². The van der Waals surface area contributed by atoms with E-state index >= 15 is 0 Å². The first-order valence-electron chi connectivity index (χ1n) is 6.63. The van der Waals surface area contributed by atoms with Crippen molar-refractivity contribution in [2.45, 2.75) is 6.42 Å². The average Bonchev–Trinajstić information content (AvgIpc) is 2.93. The molecular weight excluding hydrogens is 264 g/mol. The molecule has 0 aliphatic carbocycles. The highest BCUT2D eigenvalue weighted by Gasteiger charge is 2.15. The number of carboxylic acid groups (broad SMARTS) is 1. The molecule has 0 atom stereocenters. The van der Waals surface area contributed by atoms with Crippen LogP contribution in [-0.2, 0) is 6.42 Å². The van der Waals surface area contributed by atoms with E-state index in [2.05, 4.69) is 9.97 Å². The first-order valence-corrected chi connectivity index (χ1v) is 6.63. The molecule has 104 valence electrons. The molecule has 21 heavy (non-hydrogen) atoms. The Balaban J connectivity index is 2.00. The maximum absolute atomic E-state index is 11.4. The molecule has 0 radical (unpaired) electrons. The van der Waals surface area contributed by atoms with Crippen LogP contribution in [0, 0.1) is 0 Å². The van der Waals surface area contributed by atoms with Gasteiger partial charge in [-0.3, -0.25) is 4.98 Å². The van der Waals surface area contributed by atoms with Gasteiger partial charge in [0, 0.05) is 35.8 Å². The smallest absolute Gasteiger partial charge is 0.337 e. The molecular formula is C17H14N2O2. The highest BCUT2D eigenvalue weighted by molar-refractivity contribution is 5.91. The molecule has 0 saturated carbocycles. The Labute approximate surface area is 122 Å². The zero-order chi connectivity index (χ0) is 14.7. The second-order valence-electron chi connectivity index (χ2n) is 4.78.